The maximum absolute atomic E-state index is 13.6. The molecule has 4 heteroatoms. The van der Waals surface area contributed by atoms with Gasteiger partial charge in [0, 0.05) is 25.7 Å². The molecule has 4 aromatic carbocycles. The molecule has 0 unspecified atom stereocenters. The third kappa shape index (κ3) is 6.20. The summed E-state index contributed by atoms with van der Waals surface area (Å²) in [6.45, 7) is 2.59. The van der Waals surface area contributed by atoms with Gasteiger partial charge in [-0.2, -0.15) is 0 Å². The Morgan fingerprint density at radius 1 is 0.706 bits per heavy atom. The maximum atomic E-state index is 13.6. The SMILES string of the molecule is CC(=O)Nc1cccc(-c2ccccc2CC(=O)N(Cc2ccccc2)Cc2ccccc2)c1. The lowest BCUT2D eigenvalue weighted by atomic mass is 9.96. The van der Waals surface area contributed by atoms with Crippen molar-refractivity contribution in [3.05, 3.63) is 126 Å². The van der Waals surface area contributed by atoms with E-state index in [1.807, 2.05) is 114 Å². The number of benzene rings is 4. The van der Waals surface area contributed by atoms with Gasteiger partial charge in [0.1, 0.15) is 0 Å². The van der Waals surface area contributed by atoms with Crippen molar-refractivity contribution in [3.8, 4) is 11.1 Å². The topological polar surface area (TPSA) is 49.4 Å². The summed E-state index contributed by atoms with van der Waals surface area (Å²) in [6, 6.07) is 35.8. The third-order valence-electron chi connectivity index (χ3n) is 5.64. The van der Waals surface area contributed by atoms with Crippen molar-refractivity contribution in [2.45, 2.75) is 26.4 Å². The molecule has 4 rings (SSSR count). The number of amides is 2. The minimum atomic E-state index is -0.113. The van der Waals surface area contributed by atoms with Crippen LogP contribution in [-0.2, 0) is 29.1 Å². The summed E-state index contributed by atoms with van der Waals surface area (Å²) in [5.41, 5.74) is 5.85. The van der Waals surface area contributed by atoms with Crippen LogP contribution in [0.15, 0.2) is 109 Å². The predicted molar refractivity (Wildman–Crippen MR) is 137 cm³/mol. The summed E-state index contributed by atoms with van der Waals surface area (Å²) in [4.78, 5) is 27.0. The van der Waals surface area contributed by atoms with Crippen LogP contribution in [0, 0.1) is 0 Å². The van der Waals surface area contributed by atoms with Crippen molar-refractivity contribution in [2.75, 3.05) is 5.32 Å². The molecule has 0 radical (unpaired) electrons. The van der Waals surface area contributed by atoms with Crippen molar-refractivity contribution >= 4 is 17.5 Å². The van der Waals surface area contributed by atoms with Gasteiger partial charge in [0.25, 0.3) is 0 Å². The first kappa shape index (κ1) is 23.0. The largest absolute Gasteiger partial charge is 0.334 e. The number of hydrogen-bond donors (Lipinski definition) is 1. The summed E-state index contributed by atoms with van der Waals surface area (Å²) in [5.74, 6) is -0.0451. The lowest BCUT2D eigenvalue weighted by Gasteiger charge is -2.24. The Balaban J connectivity index is 1.60. The molecule has 1 N–H and O–H groups in total. The zero-order valence-electron chi connectivity index (χ0n) is 19.3. The average molecular weight is 449 g/mol. The van der Waals surface area contributed by atoms with Gasteiger partial charge in [-0.05, 0) is 39.9 Å². The molecule has 0 heterocycles. The summed E-state index contributed by atoms with van der Waals surface area (Å²) >= 11 is 0. The van der Waals surface area contributed by atoms with Crippen molar-refractivity contribution in [1.82, 2.24) is 4.90 Å². The van der Waals surface area contributed by atoms with Gasteiger partial charge in [-0.25, -0.2) is 0 Å². The molecule has 4 aromatic rings. The van der Waals surface area contributed by atoms with Gasteiger partial charge in [-0.3, -0.25) is 9.59 Å². The number of nitrogens with one attached hydrogen (secondary N) is 1. The molecule has 0 saturated heterocycles. The molecule has 2 amide bonds. The van der Waals surface area contributed by atoms with Crippen LogP contribution < -0.4 is 5.32 Å². The van der Waals surface area contributed by atoms with Crippen LogP contribution in [0.3, 0.4) is 0 Å². The van der Waals surface area contributed by atoms with E-state index in [0.717, 1.165) is 33.5 Å². The smallest absolute Gasteiger partial charge is 0.227 e. The molecule has 170 valence electrons. The second-order valence-electron chi connectivity index (χ2n) is 8.32. The van der Waals surface area contributed by atoms with Crippen LogP contribution in [0.1, 0.15) is 23.6 Å². The van der Waals surface area contributed by atoms with Gasteiger partial charge < -0.3 is 10.2 Å². The highest BCUT2D eigenvalue weighted by Crippen LogP contribution is 2.27. The van der Waals surface area contributed by atoms with E-state index in [1.54, 1.807) is 0 Å². The van der Waals surface area contributed by atoms with Crippen LogP contribution in [0.2, 0.25) is 0 Å². The predicted octanol–water partition coefficient (Wildman–Crippen LogP) is 6.08. The van der Waals surface area contributed by atoms with E-state index in [4.69, 9.17) is 0 Å². The van der Waals surface area contributed by atoms with Crippen molar-refractivity contribution in [1.29, 1.82) is 0 Å². The van der Waals surface area contributed by atoms with Crippen molar-refractivity contribution in [3.63, 3.8) is 0 Å². The molecule has 0 aliphatic carbocycles. The van der Waals surface area contributed by atoms with Gasteiger partial charge in [-0.1, -0.05) is 97.1 Å². The fraction of sp³-hybridized carbons (Fsp3) is 0.133. The number of nitrogens with zero attached hydrogens (tertiary/aromatic N) is 1. The molecular weight excluding hydrogens is 420 g/mol. The lowest BCUT2D eigenvalue weighted by Crippen LogP contribution is -2.31. The van der Waals surface area contributed by atoms with Crippen LogP contribution in [0.5, 0.6) is 0 Å². The average Bonchev–Trinajstić information content (AvgIpc) is 2.85. The first-order chi connectivity index (χ1) is 16.6. The summed E-state index contributed by atoms with van der Waals surface area (Å²) in [7, 11) is 0. The molecule has 0 aliphatic heterocycles. The second kappa shape index (κ2) is 11.1. The second-order valence-corrected chi connectivity index (χ2v) is 8.32. The monoisotopic (exact) mass is 448 g/mol. The maximum Gasteiger partial charge on any atom is 0.227 e. The minimum absolute atomic E-state index is 0.0678. The number of anilines is 1. The van der Waals surface area contributed by atoms with E-state index in [2.05, 4.69) is 5.32 Å². The fourth-order valence-corrected chi connectivity index (χ4v) is 4.04. The van der Waals surface area contributed by atoms with E-state index in [9.17, 15) is 9.59 Å². The lowest BCUT2D eigenvalue weighted by molar-refractivity contribution is -0.131. The molecule has 0 aromatic heterocycles. The first-order valence-electron chi connectivity index (χ1n) is 11.4. The van der Waals surface area contributed by atoms with Crippen LogP contribution in [0.25, 0.3) is 11.1 Å². The highest BCUT2D eigenvalue weighted by Gasteiger charge is 2.17. The highest BCUT2D eigenvalue weighted by atomic mass is 16.2. The number of carbonyl (C=O) groups is 2. The summed E-state index contributed by atoms with van der Waals surface area (Å²) in [5, 5.41) is 2.83. The molecular formula is C30H28N2O2. The van der Waals surface area contributed by atoms with Gasteiger partial charge in [0.05, 0.1) is 6.42 Å². The van der Waals surface area contributed by atoms with Gasteiger partial charge in [0.15, 0.2) is 0 Å². The minimum Gasteiger partial charge on any atom is -0.334 e. The fourth-order valence-electron chi connectivity index (χ4n) is 4.04. The Hall–Kier alpha value is -4.18. The molecule has 34 heavy (non-hydrogen) atoms. The Labute approximate surface area is 200 Å². The van der Waals surface area contributed by atoms with Gasteiger partial charge >= 0.3 is 0 Å². The molecule has 0 atom stereocenters. The van der Waals surface area contributed by atoms with Crippen LogP contribution >= 0.6 is 0 Å². The molecule has 0 aliphatic rings. The van der Waals surface area contributed by atoms with E-state index < -0.39 is 0 Å². The summed E-state index contributed by atoms with van der Waals surface area (Å²) < 4.78 is 0. The Morgan fingerprint density at radius 3 is 1.91 bits per heavy atom. The number of rotatable bonds is 8. The van der Waals surface area contributed by atoms with Gasteiger partial charge in [-0.15, -0.1) is 0 Å². The Morgan fingerprint density at radius 2 is 1.29 bits per heavy atom. The van der Waals surface area contributed by atoms with Crippen LogP contribution in [0.4, 0.5) is 5.69 Å². The molecule has 4 nitrogen and oxygen atoms in total. The summed E-state index contributed by atoms with van der Waals surface area (Å²) in [6.07, 6.45) is 0.292. The Kier molecular flexibility index (Phi) is 7.51. The van der Waals surface area contributed by atoms with E-state index in [1.165, 1.54) is 6.92 Å². The van der Waals surface area contributed by atoms with Gasteiger partial charge in [0.2, 0.25) is 11.8 Å². The molecule has 0 spiro atoms. The zero-order valence-corrected chi connectivity index (χ0v) is 19.3. The van der Waals surface area contributed by atoms with E-state index >= 15 is 0 Å². The first-order valence-corrected chi connectivity index (χ1v) is 11.4. The zero-order chi connectivity index (χ0) is 23.8. The molecule has 0 saturated carbocycles. The quantitative estimate of drug-likeness (QED) is 0.355. The van der Waals surface area contributed by atoms with Crippen molar-refractivity contribution < 1.29 is 9.59 Å². The third-order valence-corrected chi connectivity index (χ3v) is 5.64. The highest BCUT2D eigenvalue weighted by molar-refractivity contribution is 5.90. The van der Waals surface area contributed by atoms with E-state index in [0.29, 0.717) is 19.5 Å². The van der Waals surface area contributed by atoms with E-state index in [-0.39, 0.29) is 11.8 Å². The molecule has 0 bridgehead atoms. The van der Waals surface area contributed by atoms with Crippen LogP contribution in [-0.4, -0.2) is 16.7 Å². The molecule has 0 fully saturated rings. The normalized spacial score (nSPS) is 10.5. The van der Waals surface area contributed by atoms with Crippen molar-refractivity contribution in [2.24, 2.45) is 0 Å². The number of carbonyl (C=O) groups excluding carboxylic acids is 2. The Bertz CT molecular complexity index is 1210. The number of hydrogen-bond acceptors (Lipinski definition) is 2. The standard InChI is InChI=1S/C30H28N2O2/c1-23(33)31-28-17-10-16-26(19-28)29-18-9-8-15-27(29)20-30(34)32(21-24-11-4-2-5-12-24)22-25-13-6-3-7-14-25/h2-19H,20-22H2,1H3,(H,31,33).